The van der Waals surface area contributed by atoms with Gasteiger partial charge < -0.3 is 15.2 Å². The maximum atomic E-state index is 5.04. The lowest BCUT2D eigenvalue weighted by molar-refractivity contribution is 0.374. The van der Waals surface area contributed by atoms with Gasteiger partial charge in [-0.05, 0) is 18.4 Å². The Balaban J connectivity index is 1.71. The van der Waals surface area contributed by atoms with Crippen molar-refractivity contribution in [3.8, 4) is 0 Å². The van der Waals surface area contributed by atoms with E-state index >= 15 is 0 Å². The summed E-state index contributed by atoms with van der Waals surface area (Å²) >= 11 is 1.72. The van der Waals surface area contributed by atoms with Crippen molar-refractivity contribution in [2.45, 2.75) is 19.9 Å². The molecule has 19 heavy (non-hydrogen) atoms. The molecule has 0 aliphatic heterocycles. The molecule has 0 aliphatic rings. The summed E-state index contributed by atoms with van der Waals surface area (Å²) in [6, 6.07) is 4.13. The standard InChI is InChI=1S/C12H17N5OS/c1-9-16-11(18-17-9)5-6-14-12(13-2)15-8-10-4-3-7-19-10/h3-4,7H,5-6,8H2,1-2H3,(H2,13,14,15). The summed E-state index contributed by atoms with van der Waals surface area (Å²) in [7, 11) is 1.75. The first-order chi connectivity index (χ1) is 9.28. The monoisotopic (exact) mass is 279 g/mol. The highest BCUT2D eigenvalue weighted by Gasteiger charge is 2.03. The van der Waals surface area contributed by atoms with Gasteiger partial charge in [0.15, 0.2) is 11.8 Å². The predicted octanol–water partition coefficient (Wildman–Crippen LogP) is 1.35. The van der Waals surface area contributed by atoms with Crippen molar-refractivity contribution in [3.63, 3.8) is 0 Å². The molecule has 0 bridgehead atoms. The van der Waals surface area contributed by atoms with Crippen LogP contribution in [0.3, 0.4) is 0 Å². The average molecular weight is 279 g/mol. The number of aromatic nitrogens is 2. The van der Waals surface area contributed by atoms with Crippen molar-refractivity contribution in [1.82, 2.24) is 20.8 Å². The normalized spacial score (nSPS) is 11.6. The van der Waals surface area contributed by atoms with E-state index in [1.807, 2.05) is 13.0 Å². The van der Waals surface area contributed by atoms with E-state index in [0.29, 0.717) is 24.7 Å². The molecule has 0 saturated carbocycles. The lowest BCUT2D eigenvalue weighted by atomic mass is 10.4. The van der Waals surface area contributed by atoms with Crippen LogP contribution >= 0.6 is 11.3 Å². The topological polar surface area (TPSA) is 75.3 Å². The quantitative estimate of drug-likeness (QED) is 0.638. The zero-order chi connectivity index (χ0) is 13.5. The third-order valence-corrected chi connectivity index (χ3v) is 3.31. The van der Waals surface area contributed by atoms with Crippen LogP contribution in [0.4, 0.5) is 0 Å². The fraction of sp³-hybridized carbons (Fsp3) is 0.417. The van der Waals surface area contributed by atoms with Crippen molar-refractivity contribution < 1.29 is 4.52 Å². The van der Waals surface area contributed by atoms with Gasteiger partial charge in [0.1, 0.15) is 0 Å². The Hall–Kier alpha value is -1.89. The van der Waals surface area contributed by atoms with Crippen molar-refractivity contribution in [3.05, 3.63) is 34.1 Å². The number of aryl methyl sites for hydroxylation is 1. The molecule has 0 saturated heterocycles. The second-order valence-corrected chi connectivity index (χ2v) is 4.95. The van der Waals surface area contributed by atoms with Gasteiger partial charge in [-0.2, -0.15) is 4.98 Å². The minimum Gasteiger partial charge on any atom is -0.356 e. The predicted molar refractivity (Wildman–Crippen MR) is 75.3 cm³/mol. The average Bonchev–Trinajstić information content (AvgIpc) is 3.05. The molecule has 7 heteroatoms. The first kappa shape index (κ1) is 13.5. The Morgan fingerprint density at radius 1 is 1.47 bits per heavy atom. The van der Waals surface area contributed by atoms with Gasteiger partial charge in [0.25, 0.3) is 0 Å². The van der Waals surface area contributed by atoms with Gasteiger partial charge in [-0.15, -0.1) is 11.3 Å². The van der Waals surface area contributed by atoms with Crippen LogP contribution in [-0.4, -0.2) is 29.7 Å². The van der Waals surface area contributed by atoms with E-state index in [0.717, 1.165) is 12.5 Å². The molecular weight excluding hydrogens is 262 g/mol. The zero-order valence-electron chi connectivity index (χ0n) is 11.0. The Morgan fingerprint density at radius 3 is 3.00 bits per heavy atom. The molecule has 0 fully saturated rings. The Bertz CT molecular complexity index is 520. The molecule has 6 nitrogen and oxygen atoms in total. The van der Waals surface area contributed by atoms with E-state index in [-0.39, 0.29) is 0 Å². The number of rotatable bonds is 5. The molecule has 2 heterocycles. The van der Waals surface area contributed by atoms with E-state index in [9.17, 15) is 0 Å². The lowest BCUT2D eigenvalue weighted by Gasteiger charge is -2.09. The van der Waals surface area contributed by atoms with Crippen LogP contribution < -0.4 is 10.6 Å². The van der Waals surface area contributed by atoms with Crippen LogP contribution in [0.1, 0.15) is 16.6 Å². The Morgan fingerprint density at radius 2 is 2.37 bits per heavy atom. The fourth-order valence-corrected chi connectivity index (χ4v) is 2.18. The number of nitrogens with zero attached hydrogens (tertiary/aromatic N) is 3. The first-order valence-corrected chi connectivity index (χ1v) is 6.92. The zero-order valence-corrected chi connectivity index (χ0v) is 11.8. The maximum Gasteiger partial charge on any atom is 0.228 e. The first-order valence-electron chi connectivity index (χ1n) is 6.04. The lowest BCUT2D eigenvalue weighted by Crippen LogP contribution is -2.37. The number of hydrogen-bond acceptors (Lipinski definition) is 5. The summed E-state index contributed by atoms with van der Waals surface area (Å²) in [5.41, 5.74) is 0. The summed E-state index contributed by atoms with van der Waals surface area (Å²) < 4.78 is 5.04. The van der Waals surface area contributed by atoms with Gasteiger partial charge in [0.05, 0.1) is 6.54 Å². The molecule has 0 spiro atoms. The van der Waals surface area contributed by atoms with E-state index in [4.69, 9.17) is 4.52 Å². The minimum atomic E-state index is 0.638. The summed E-state index contributed by atoms with van der Waals surface area (Å²) in [4.78, 5) is 9.57. The molecule has 0 radical (unpaired) electrons. The third-order valence-electron chi connectivity index (χ3n) is 2.43. The van der Waals surface area contributed by atoms with Crippen LogP contribution in [0, 0.1) is 6.92 Å². The summed E-state index contributed by atoms with van der Waals surface area (Å²) in [5, 5.41) is 12.3. The molecule has 102 valence electrons. The maximum absolute atomic E-state index is 5.04. The van der Waals surface area contributed by atoms with Crippen LogP contribution in [0.2, 0.25) is 0 Å². The van der Waals surface area contributed by atoms with Crippen molar-refractivity contribution in [1.29, 1.82) is 0 Å². The number of hydrogen-bond donors (Lipinski definition) is 2. The molecule has 2 aromatic heterocycles. The smallest absolute Gasteiger partial charge is 0.228 e. The van der Waals surface area contributed by atoms with Crippen molar-refractivity contribution >= 4 is 17.3 Å². The molecule has 0 atom stereocenters. The highest BCUT2D eigenvalue weighted by atomic mass is 32.1. The minimum absolute atomic E-state index is 0.638. The number of guanidine groups is 1. The summed E-state index contributed by atoms with van der Waals surface area (Å²) in [6.45, 7) is 3.28. The van der Waals surface area contributed by atoms with Gasteiger partial charge in [-0.25, -0.2) is 0 Å². The van der Waals surface area contributed by atoms with Crippen LogP contribution in [0.15, 0.2) is 27.0 Å². The highest BCUT2D eigenvalue weighted by molar-refractivity contribution is 7.09. The van der Waals surface area contributed by atoms with Crippen molar-refractivity contribution in [2.75, 3.05) is 13.6 Å². The Kier molecular flexibility index (Phi) is 4.91. The number of nitrogens with one attached hydrogen (secondary N) is 2. The number of aliphatic imine (C=N–C) groups is 1. The SMILES string of the molecule is CN=C(NCCc1nc(C)no1)NCc1cccs1. The van der Waals surface area contributed by atoms with E-state index in [1.54, 1.807) is 18.4 Å². The molecule has 2 aromatic rings. The third kappa shape index (κ3) is 4.36. The fourth-order valence-electron chi connectivity index (χ4n) is 1.53. The molecule has 0 amide bonds. The van der Waals surface area contributed by atoms with E-state index in [2.05, 4.69) is 37.2 Å². The number of thiophene rings is 1. The molecular formula is C12H17N5OS. The van der Waals surface area contributed by atoms with Crippen LogP contribution in [0.25, 0.3) is 0 Å². The van der Waals surface area contributed by atoms with E-state index < -0.39 is 0 Å². The largest absolute Gasteiger partial charge is 0.356 e. The van der Waals surface area contributed by atoms with E-state index in [1.165, 1.54) is 4.88 Å². The molecule has 0 aromatic carbocycles. The van der Waals surface area contributed by atoms with Gasteiger partial charge >= 0.3 is 0 Å². The second kappa shape index (κ2) is 6.89. The van der Waals surface area contributed by atoms with Gasteiger partial charge in [-0.3, -0.25) is 4.99 Å². The second-order valence-electron chi connectivity index (χ2n) is 3.92. The summed E-state index contributed by atoms with van der Waals surface area (Å²) in [6.07, 6.45) is 0.681. The molecule has 0 unspecified atom stereocenters. The van der Waals surface area contributed by atoms with Gasteiger partial charge in [0, 0.05) is 24.9 Å². The highest BCUT2D eigenvalue weighted by Crippen LogP contribution is 2.07. The summed E-state index contributed by atoms with van der Waals surface area (Å²) in [5.74, 6) is 2.07. The molecule has 2 N–H and O–H groups in total. The molecule has 2 rings (SSSR count). The molecule has 0 aliphatic carbocycles. The Labute approximate surface area is 115 Å². The van der Waals surface area contributed by atoms with Crippen molar-refractivity contribution in [2.24, 2.45) is 4.99 Å². The van der Waals surface area contributed by atoms with Gasteiger partial charge in [-0.1, -0.05) is 11.2 Å². The van der Waals surface area contributed by atoms with Crippen LogP contribution in [0.5, 0.6) is 0 Å². The van der Waals surface area contributed by atoms with Crippen LogP contribution in [-0.2, 0) is 13.0 Å². The van der Waals surface area contributed by atoms with Gasteiger partial charge in [0.2, 0.25) is 5.89 Å².